The Bertz CT molecular complexity index is 344. The van der Waals surface area contributed by atoms with Gasteiger partial charge < -0.3 is 15.8 Å². The van der Waals surface area contributed by atoms with Gasteiger partial charge in [0.05, 0.1) is 0 Å². The Labute approximate surface area is 102 Å². The normalized spacial score (nSPS) is 22.6. The van der Waals surface area contributed by atoms with Gasteiger partial charge in [-0.1, -0.05) is 5.16 Å². The van der Waals surface area contributed by atoms with E-state index in [1.165, 1.54) is 12.8 Å². The molecule has 0 aromatic heterocycles. The molecule has 0 radical (unpaired) electrons. The van der Waals surface area contributed by atoms with Crippen molar-refractivity contribution in [1.29, 1.82) is 0 Å². The monoisotopic (exact) mass is 239 g/mol. The highest BCUT2D eigenvalue weighted by Crippen LogP contribution is 2.48. The van der Waals surface area contributed by atoms with E-state index in [0.29, 0.717) is 18.8 Å². The number of nitrogens with two attached hydrogens (primary N) is 1. The molecule has 96 valence electrons. The molecule has 0 unspecified atom stereocenters. The second-order valence-corrected chi connectivity index (χ2v) is 5.56. The Morgan fingerprint density at radius 1 is 1.53 bits per heavy atom. The summed E-state index contributed by atoms with van der Waals surface area (Å²) in [5.74, 6) is 0.767. The zero-order chi connectivity index (χ0) is 12.6. The summed E-state index contributed by atoms with van der Waals surface area (Å²) in [6.07, 6.45) is 3.84. The van der Waals surface area contributed by atoms with Crippen LogP contribution in [0.15, 0.2) is 5.16 Å². The Kier molecular flexibility index (Phi) is 3.02. The summed E-state index contributed by atoms with van der Waals surface area (Å²) >= 11 is 0. The Morgan fingerprint density at radius 3 is 2.47 bits per heavy atom. The molecule has 0 heterocycles. The number of rotatable bonds is 5. The van der Waals surface area contributed by atoms with Gasteiger partial charge in [0.15, 0.2) is 5.84 Å². The first-order chi connectivity index (χ1) is 8.01. The Morgan fingerprint density at radius 2 is 2.12 bits per heavy atom. The van der Waals surface area contributed by atoms with Crippen LogP contribution in [-0.4, -0.2) is 34.4 Å². The third-order valence-corrected chi connectivity index (χ3v) is 3.79. The standard InChI is InChI=1S/C12H21N3O2/c1-8(2)15(7-9-3-4-9)11(16)12(5-6-12)10(13)14-17/h8-9,17H,3-7H2,1-2H3,(H2,13,14). The van der Waals surface area contributed by atoms with Gasteiger partial charge in [0.1, 0.15) is 5.41 Å². The van der Waals surface area contributed by atoms with Crippen LogP contribution in [0.25, 0.3) is 0 Å². The van der Waals surface area contributed by atoms with Crippen LogP contribution >= 0.6 is 0 Å². The van der Waals surface area contributed by atoms with Crippen molar-refractivity contribution in [2.45, 2.75) is 45.6 Å². The van der Waals surface area contributed by atoms with Gasteiger partial charge in [0.25, 0.3) is 0 Å². The fraction of sp³-hybridized carbons (Fsp3) is 0.833. The molecular formula is C12H21N3O2. The molecule has 5 nitrogen and oxygen atoms in total. The van der Waals surface area contributed by atoms with E-state index in [4.69, 9.17) is 10.9 Å². The van der Waals surface area contributed by atoms with E-state index in [9.17, 15) is 4.79 Å². The van der Waals surface area contributed by atoms with Gasteiger partial charge >= 0.3 is 0 Å². The highest BCUT2D eigenvalue weighted by atomic mass is 16.4. The van der Waals surface area contributed by atoms with E-state index >= 15 is 0 Å². The summed E-state index contributed by atoms with van der Waals surface area (Å²) < 4.78 is 0. The number of carbonyl (C=O) groups excluding carboxylic acids is 1. The molecule has 0 aliphatic heterocycles. The summed E-state index contributed by atoms with van der Waals surface area (Å²) in [5, 5.41) is 11.8. The van der Waals surface area contributed by atoms with Crippen molar-refractivity contribution in [3.05, 3.63) is 0 Å². The molecule has 2 rings (SSSR count). The van der Waals surface area contributed by atoms with Crippen LogP contribution in [0.3, 0.4) is 0 Å². The summed E-state index contributed by atoms with van der Waals surface area (Å²) in [4.78, 5) is 14.4. The van der Waals surface area contributed by atoms with Crippen LogP contribution in [0.2, 0.25) is 0 Å². The van der Waals surface area contributed by atoms with Crippen LogP contribution in [-0.2, 0) is 4.79 Å². The van der Waals surface area contributed by atoms with Gasteiger partial charge in [-0.3, -0.25) is 4.79 Å². The SMILES string of the molecule is CC(C)N(CC1CC1)C(=O)C1(C(N)=NO)CC1. The van der Waals surface area contributed by atoms with E-state index in [2.05, 4.69) is 5.16 Å². The lowest BCUT2D eigenvalue weighted by Crippen LogP contribution is -2.47. The smallest absolute Gasteiger partial charge is 0.236 e. The van der Waals surface area contributed by atoms with E-state index in [1.54, 1.807) is 0 Å². The van der Waals surface area contributed by atoms with Gasteiger partial charge in [-0.2, -0.15) is 0 Å². The van der Waals surface area contributed by atoms with Crippen LogP contribution in [0.5, 0.6) is 0 Å². The third kappa shape index (κ3) is 2.23. The van der Waals surface area contributed by atoms with Crippen molar-refractivity contribution in [3.63, 3.8) is 0 Å². The number of oxime groups is 1. The zero-order valence-corrected chi connectivity index (χ0v) is 10.5. The predicted molar refractivity (Wildman–Crippen MR) is 64.6 cm³/mol. The average Bonchev–Trinajstić information content (AvgIpc) is 3.16. The highest BCUT2D eigenvalue weighted by Gasteiger charge is 2.56. The first-order valence-electron chi connectivity index (χ1n) is 6.30. The summed E-state index contributed by atoms with van der Waals surface area (Å²) in [6, 6.07) is 0.173. The lowest BCUT2D eigenvalue weighted by molar-refractivity contribution is -0.136. The minimum Gasteiger partial charge on any atom is -0.409 e. The quantitative estimate of drug-likeness (QED) is 0.327. The maximum Gasteiger partial charge on any atom is 0.236 e. The van der Waals surface area contributed by atoms with Crippen molar-refractivity contribution in [2.75, 3.05) is 6.54 Å². The highest BCUT2D eigenvalue weighted by molar-refractivity contribution is 6.09. The lowest BCUT2D eigenvalue weighted by Gasteiger charge is -2.30. The first kappa shape index (κ1) is 12.2. The first-order valence-corrected chi connectivity index (χ1v) is 6.30. The number of carbonyl (C=O) groups is 1. The molecule has 3 N–H and O–H groups in total. The fourth-order valence-electron chi connectivity index (χ4n) is 2.18. The van der Waals surface area contributed by atoms with E-state index in [0.717, 1.165) is 6.54 Å². The summed E-state index contributed by atoms with van der Waals surface area (Å²) in [7, 11) is 0. The predicted octanol–water partition coefficient (Wildman–Crippen LogP) is 1.16. The van der Waals surface area contributed by atoms with Crippen LogP contribution < -0.4 is 5.73 Å². The summed E-state index contributed by atoms with van der Waals surface area (Å²) in [6.45, 7) is 4.85. The van der Waals surface area contributed by atoms with Crippen LogP contribution in [0.4, 0.5) is 0 Å². The van der Waals surface area contributed by atoms with Crippen molar-refractivity contribution < 1.29 is 10.0 Å². The molecule has 5 heteroatoms. The van der Waals surface area contributed by atoms with Crippen molar-refractivity contribution >= 4 is 11.7 Å². The van der Waals surface area contributed by atoms with Crippen molar-refractivity contribution in [3.8, 4) is 0 Å². The molecule has 17 heavy (non-hydrogen) atoms. The van der Waals surface area contributed by atoms with Crippen molar-refractivity contribution in [1.82, 2.24) is 4.90 Å². The van der Waals surface area contributed by atoms with E-state index < -0.39 is 5.41 Å². The molecule has 0 bridgehead atoms. The van der Waals surface area contributed by atoms with Gasteiger partial charge in [0.2, 0.25) is 5.91 Å². The van der Waals surface area contributed by atoms with Gasteiger partial charge in [0, 0.05) is 12.6 Å². The van der Waals surface area contributed by atoms with Gasteiger partial charge in [-0.25, -0.2) is 0 Å². The molecule has 0 aromatic carbocycles. The molecule has 0 saturated heterocycles. The number of nitrogens with zero attached hydrogens (tertiary/aromatic N) is 2. The second kappa shape index (κ2) is 4.20. The van der Waals surface area contributed by atoms with Crippen LogP contribution in [0, 0.1) is 11.3 Å². The van der Waals surface area contributed by atoms with Crippen LogP contribution in [0.1, 0.15) is 39.5 Å². The number of amidine groups is 1. The molecule has 2 aliphatic carbocycles. The molecule has 0 atom stereocenters. The molecule has 1 amide bonds. The maximum atomic E-state index is 12.5. The molecule has 0 spiro atoms. The molecule has 0 aromatic rings. The minimum atomic E-state index is -0.700. The number of hydrogen-bond donors (Lipinski definition) is 2. The fourth-order valence-corrected chi connectivity index (χ4v) is 2.18. The molecule has 2 aliphatic rings. The van der Waals surface area contributed by atoms with Gasteiger partial charge in [-0.05, 0) is 45.4 Å². The second-order valence-electron chi connectivity index (χ2n) is 5.56. The molecule has 2 saturated carbocycles. The Balaban J connectivity index is 2.10. The zero-order valence-electron chi connectivity index (χ0n) is 10.5. The number of amides is 1. The van der Waals surface area contributed by atoms with Gasteiger partial charge in [-0.15, -0.1) is 0 Å². The largest absolute Gasteiger partial charge is 0.409 e. The lowest BCUT2D eigenvalue weighted by atomic mass is 10.0. The van der Waals surface area contributed by atoms with E-state index in [1.807, 2.05) is 18.7 Å². The summed E-state index contributed by atoms with van der Waals surface area (Å²) in [5.41, 5.74) is 4.95. The average molecular weight is 239 g/mol. The Hall–Kier alpha value is -1.26. The van der Waals surface area contributed by atoms with Crippen molar-refractivity contribution in [2.24, 2.45) is 22.2 Å². The molecule has 2 fully saturated rings. The van der Waals surface area contributed by atoms with E-state index in [-0.39, 0.29) is 17.8 Å². The minimum absolute atomic E-state index is 0.0368. The number of hydrogen-bond acceptors (Lipinski definition) is 3. The topological polar surface area (TPSA) is 78.9 Å². The maximum absolute atomic E-state index is 12.5. The molecular weight excluding hydrogens is 218 g/mol. The third-order valence-electron chi connectivity index (χ3n) is 3.79.